The van der Waals surface area contributed by atoms with E-state index < -0.39 is 11.7 Å². The average Bonchev–Trinajstić information content (AvgIpc) is 2.64. The van der Waals surface area contributed by atoms with Gasteiger partial charge in [0.15, 0.2) is 5.83 Å². The van der Waals surface area contributed by atoms with Crippen LogP contribution in [0.15, 0.2) is 54.4 Å². The Balaban J connectivity index is 2.11. The molecule has 0 fully saturated rings. The van der Waals surface area contributed by atoms with Crippen LogP contribution in [0.5, 0.6) is 5.75 Å². The molecule has 124 valence electrons. The second-order valence-corrected chi connectivity index (χ2v) is 5.38. The van der Waals surface area contributed by atoms with E-state index in [0.29, 0.717) is 6.42 Å². The minimum Gasteiger partial charge on any atom is -0.497 e. The fourth-order valence-electron chi connectivity index (χ4n) is 2.12. The lowest BCUT2D eigenvalue weighted by Crippen LogP contribution is -1.85. The maximum absolute atomic E-state index is 14.0. The van der Waals surface area contributed by atoms with Crippen molar-refractivity contribution in [3.63, 3.8) is 0 Å². The molecule has 0 aliphatic rings. The smallest absolute Gasteiger partial charge is 0.161 e. The highest BCUT2D eigenvalue weighted by Gasteiger charge is 2.08. The normalized spacial score (nSPS) is 11.3. The molecule has 0 N–H and O–H groups in total. The van der Waals surface area contributed by atoms with Crippen molar-refractivity contribution in [2.24, 2.45) is 0 Å². The number of halogens is 2. The second kappa shape index (κ2) is 8.88. The largest absolute Gasteiger partial charge is 0.497 e. The molecular weight excluding hydrogens is 306 g/mol. The average molecular weight is 326 g/mol. The number of hydrogen-bond donors (Lipinski definition) is 0. The molecule has 0 aliphatic carbocycles. The predicted octanol–water partition coefficient (Wildman–Crippen LogP) is 5.89. The van der Waals surface area contributed by atoms with Crippen molar-refractivity contribution < 1.29 is 13.5 Å². The van der Waals surface area contributed by atoms with E-state index in [1.54, 1.807) is 31.4 Å². The van der Waals surface area contributed by atoms with Crippen LogP contribution in [-0.4, -0.2) is 7.11 Å². The summed E-state index contributed by atoms with van der Waals surface area (Å²) in [5, 5.41) is 0. The lowest BCUT2D eigenvalue weighted by atomic mass is 10.1. The molecule has 0 unspecified atom stereocenters. The van der Waals surface area contributed by atoms with Crippen molar-refractivity contribution in [2.75, 3.05) is 7.11 Å². The van der Waals surface area contributed by atoms with Crippen LogP contribution in [0.3, 0.4) is 0 Å². The number of ether oxygens (including phenoxy) is 1. The summed E-state index contributed by atoms with van der Waals surface area (Å²) in [7, 11) is 1.61. The third-order valence-corrected chi connectivity index (χ3v) is 3.57. The first-order valence-electron chi connectivity index (χ1n) is 7.94. The minimum atomic E-state index is -0.780. The molecular formula is C21H20F2O. The summed E-state index contributed by atoms with van der Waals surface area (Å²) in [6.45, 7) is 1.95. The Morgan fingerprint density at radius 2 is 1.46 bits per heavy atom. The molecule has 0 radical (unpaired) electrons. The van der Waals surface area contributed by atoms with E-state index in [0.717, 1.165) is 23.3 Å². The molecule has 2 rings (SSSR count). The summed E-state index contributed by atoms with van der Waals surface area (Å²) >= 11 is 0. The van der Waals surface area contributed by atoms with Crippen LogP contribution in [0.2, 0.25) is 0 Å². The van der Waals surface area contributed by atoms with Gasteiger partial charge in [0.2, 0.25) is 0 Å². The Morgan fingerprint density at radius 1 is 0.917 bits per heavy atom. The molecule has 0 aromatic heterocycles. The molecule has 0 aliphatic heterocycles. The lowest BCUT2D eigenvalue weighted by molar-refractivity contribution is 0.415. The van der Waals surface area contributed by atoms with Gasteiger partial charge in [0.1, 0.15) is 11.6 Å². The van der Waals surface area contributed by atoms with E-state index in [2.05, 4.69) is 11.8 Å². The molecule has 3 heteroatoms. The van der Waals surface area contributed by atoms with Gasteiger partial charge in [0.05, 0.1) is 7.11 Å². The molecule has 0 saturated heterocycles. The van der Waals surface area contributed by atoms with Gasteiger partial charge in [-0.3, -0.25) is 0 Å². The molecule has 24 heavy (non-hydrogen) atoms. The van der Waals surface area contributed by atoms with Crippen LogP contribution in [0.4, 0.5) is 8.78 Å². The molecule has 0 saturated carbocycles. The Bertz CT molecular complexity index is 747. The highest BCUT2D eigenvalue weighted by atomic mass is 19.2. The molecule has 0 atom stereocenters. The Labute approximate surface area is 142 Å². The molecule has 2 aromatic carbocycles. The van der Waals surface area contributed by atoms with Crippen molar-refractivity contribution >= 4 is 5.83 Å². The van der Waals surface area contributed by atoms with Crippen LogP contribution in [0, 0.1) is 11.8 Å². The van der Waals surface area contributed by atoms with Crippen LogP contribution in [0.25, 0.3) is 5.83 Å². The lowest BCUT2D eigenvalue weighted by Gasteiger charge is -2.01. The van der Waals surface area contributed by atoms with Crippen LogP contribution < -0.4 is 4.74 Å². The van der Waals surface area contributed by atoms with Gasteiger partial charge in [-0.1, -0.05) is 37.3 Å². The first-order valence-corrected chi connectivity index (χ1v) is 7.94. The van der Waals surface area contributed by atoms with Gasteiger partial charge in [0, 0.05) is 23.1 Å². The molecule has 0 amide bonds. The van der Waals surface area contributed by atoms with Gasteiger partial charge in [-0.2, -0.15) is 0 Å². The van der Waals surface area contributed by atoms with E-state index in [-0.39, 0.29) is 12.0 Å². The van der Waals surface area contributed by atoms with E-state index in [1.165, 1.54) is 0 Å². The van der Waals surface area contributed by atoms with Crippen LogP contribution in [-0.2, 0) is 0 Å². The van der Waals surface area contributed by atoms with Gasteiger partial charge in [0.25, 0.3) is 0 Å². The van der Waals surface area contributed by atoms with Crippen molar-refractivity contribution in [3.05, 3.63) is 71.0 Å². The highest BCUT2D eigenvalue weighted by Crippen LogP contribution is 2.25. The number of rotatable bonds is 5. The Kier molecular flexibility index (Phi) is 6.57. The molecule has 2 aromatic rings. The van der Waals surface area contributed by atoms with Crippen molar-refractivity contribution in [3.8, 4) is 17.6 Å². The Morgan fingerprint density at radius 3 is 1.96 bits per heavy atom. The van der Waals surface area contributed by atoms with Crippen molar-refractivity contribution in [2.45, 2.75) is 26.2 Å². The molecule has 0 heterocycles. The van der Waals surface area contributed by atoms with E-state index in [1.807, 2.05) is 31.2 Å². The summed E-state index contributed by atoms with van der Waals surface area (Å²) < 4.78 is 32.7. The van der Waals surface area contributed by atoms with Crippen LogP contribution in [0.1, 0.15) is 42.9 Å². The monoisotopic (exact) mass is 326 g/mol. The standard InChI is InChI=1S/C21H20F2O/c1-3-4-5-20(22)21(23)18-12-8-16(9-13-18)6-7-17-10-14-19(24-2)15-11-17/h8-15H,3-5H2,1-2H3. The third-order valence-electron chi connectivity index (χ3n) is 3.57. The van der Waals surface area contributed by atoms with Gasteiger partial charge in [-0.25, -0.2) is 8.78 Å². The number of hydrogen-bond acceptors (Lipinski definition) is 1. The zero-order chi connectivity index (χ0) is 17.4. The third kappa shape index (κ3) is 4.96. The Hall–Kier alpha value is -2.60. The predicted molar refractivity (Wildman–Crippen MR) is 94.1 cm³/mol. The summed E-state index contributed by atoms with van der Waals surface area (Å²) in [6, 6.07) is 13.9. The fraction of sp³-hybridized carbons (Fsp3) is 0.238. The first-order chi connectivity index (χ1) is 11.6. The molecule has 0 bridgehead atoms. The summed E-state index contributed by atoms with van der Waals surface area (Å²) in [6.07, 6.45) is 1.62. The first kappa shape index (κ1) is 17.7. The number of methoxy groups -OCH3 is 1. The molecule has 1 nitrogen and oxygen atoms in total. The molecule has 0 spiro atoms. The zero-order valence-electron chi connectivity index (χ0n) is 13.9. The summed E-state index contributed by atoms with van der Waals surface area (Å²) in [5.74, 6) is 5.34. The zero-order valence-corrected chi connectivity index (χ0v) is 13.9. The maximum Gasteiger partial charge on any atom is 0.161 e. The van der Waals surface area contributed by atoms with Gasteiger partial charge in [-0.15, -0.1) is 0 Å². The fourth-order valence-corrected chi connectivity index (χ4v) is 2.12. The van der Waals surface area contributed by atoms with E-state index >= 15 is 0 Å². The van der Waals surface area contributed by atoms with Gasteiger partial charge in [-0.05, 0) is 42.8 Å². The van der Waals surface area contributed by atoms with Gasteiger partial charge < -0.3 is 4.74 Å². The van der Waals surface area contributed by atoms with E-state index in [9.17, 15) is 8.78 Å². The second-order valence-electron chi connectivity index (χ2n) is 5.38. The number of unbranched alkanes of at least 4 members (excludes halogenated alkanes) is 1. The van der Waals surface area contributed by atoms with Crippen molar-refractivity contribution in [1.82, 2.24) is 0 Å². The van der Waals surface area contributed by atoms with Gasteiger partial charge >= 0.3 is 0 Å². The van der Waals surface area contributed by atoms with Crippen LogP contribution >= 0.6 is 0 Å². The van der Waals surface area contributed by atoms with E-state index in [4.69, 9.17) is 4.74 Å². The maximum atomic E-state index is 14.0. The minimum absolute atomic E-state index is 0.140. The quantitative estimate of drug-likeness (QED) is 0.622. The summed E-state index contributed by atoms with van der Waals surface area (Å²) in [5.41, 5.74) is 1.85. The highest BCUT2D eigenvalue weighted by molar-refractivity contribution is 5.62. The number of benzene rings is 2. The SMILES string of the molecule is CCCCC(F)=C(F)c1ccc(C#Cc2ccc(OC)cc2)cc1. The summed E-state index contributed by atoms with van der Waals surface area (Å²) in [4.78, 5) is 0. The topological polar surface area (TPSA) is 9.23 Å². The number of allylic oxidation sites excluding steroid dienone is 1. The van der Waals surface area contributed by atoms with Crippen molar-refractivity contribution in [1.29, 1.82) is 0 Å².